The van der Waals surface area contributed by atoms with Crippen molar-refractivity contribution in [1.82, 2.24) is 0 Å². The zero-order valence-corrected chi connectivity index (χ0v) is 14.9. The van der Waals surface area contributed by atoms with Crippen molar-refractivity contribution in [2.24, 2.45) is 35.5 Å². The molecule has 0 heterocycles. The molecule has 0 saturated heterocycles. The van der Waals surface area contributed by atoms with Crippen LogP contribution in [0, 0.1) is 35.5 Å². The SMILES string of the molecule is CC(C)CC(OC(=O)C1CC2CC3CCC1C(C3)C2)C(F)(F)C(=O)O. The number of fused-ring (bicyclic) bond motifs is 2. The molecule has 3 rings (SSSR count). The van der Waals surface area contributed by atoms with Crippen LogP contribution in [0.15, 0.2) is 0 Å². The van der Waals surface area contributed by atoms with Crippen molar-refractivity contribution in [3.05, 3.63) is 0 Å². The van der Waals surface area contributed by atoms with Crippen LogP contribution in [0.3, 0.4) is 0 Å². The number of halogens is 2. The second kappa shape index (κ2) is 6.84. The predicted molar refractivity (Wildman–Crippen MR) is 87.1 cm³/mol. The van der Waals surface area contributed by atoms with Gasteiger partial charge < -0.3 is 9.84 Å². The van der Waals surface area contributed by atoms with E-state index in [9.17, 15) is 18.4 Å². The monoisotopic (exact) mass is 358 g/mol. The van der Waals surface area contributed by atoms with E-state index in [1.165, 1.54) is 0 Å². The molecule has 3 bridgehead atoms. The molecular weight excluding hydrogens is 330 g/mol. The van der Waals surface area contributed by atoms with Crippen LogP contribution in [0.5, 0.6) is 0 Å². The number of rotatable bonds is 6. The Morgan fingerprint density at radius 1 is 1.12 bits per heavy atom. The molecule has 0 aromatic rings. The van der Waals surface area contributed by atoms with Crippen molar-refractivity contribution in [3.63, 3.8) is 0 Å². The molecule has 0 aliphatic heterocycles. The molecule has 6 heteroatoms. The fourth-order valence-corrected chi connectivity index (χ4v) is 5.46. The smallest absolute Gasteiger partial charge is 0.378 e. The lowest BCUT2D eigenvalue weighted by molar-refractivity contribution is -0.200. The summed E-state index contributed by atoms with van der Waals surface area (Å²) in [6, 6.07) is 0. The highest BCUT2D eigenvalue weighted by Crippen LogP contribution is 2.54. The highest BCUT2D eigenvalue weighted by molar-refractivity contribution is 5.78. The number of carboxylic acids is 1. The molecule has 0 aromatic carbocycles. The maximum Gasteiger partial charge on any atom is 0.378 e. The van der Waals surface area contributed by atoms with Gasteiger partial charge >= 0.3 is 17.9 Å². The van der Waals surface area contributed by atoms with E-state index in [0.29, 0.717) is 18.3 Å². The molecule has 6 unspecified atom stereocenters. The topological polar surface area (TPSA) is 63.6 Å². The Bertz CT molecular complexity index is 528. The quantitative estimate of drug-likeness (QED) is 0.725. The number of hydrogen-bond acceptors (Lipinski definition) is 3. The van der Waals surface area contributed by atoms with Gasteiger partial charge in [-0.3, -0.25) is 4.79 Å². The summed E-state index contributed by atoms with van der Waals surface area (Å²) in [4.78, 5) is 23.7. The van der Waals surface area contributed by atoms with Gasteiger partial charge in [-0.05, 0) is 68.1 Å². The minimum Gasteiger partial charge on any atom is -0.477 e. The average molecular weight is 358 g/mol. The van der Waals surface area contributed by atoms with Crippen LogP contribution in [0.1, 0.15) is 58.8 Å². The zero-order valence-electron chi connectivity index (χ0n) is 14.9. The van der Waals surface area contributed by atoms with Crippen LogP contribution in [-0.4, -0.2) is 29.1 Å². The first-order chi connectivity index (χ1) is 11.7. The van der Waals surface area contributed by atoms with Gasteiger partial charge in [-0.15, -0.1) is 0 Å². The number of hydrogen-bond donors (Lipinski definition) is 1. The van der Waals surface area contributed by atoms with E-state index in [2.05, 4.69) is 0 Å². The number of esters is 1. The average Bonchev–Trinajstić information content (AvgIpc) is 2.50. The van der Waals surface area contributed by atoms with E-state index in [1.54, 1.807) is 13.8 Å². The molecule has 0 amide bonds. The van der Waals surface area contributed by atoms with Gasteiger partial charge in [0, 0.05) is 0 Å². The van der Waals surface area contributed by atoms with Crippen molar-refractivity contribution in [2.75, 3.05) is 0 Å². The van der Waals surface area contributed by atoms with Crippen LogP contribution in [0.2, 0.25) is 0 Å². The molecule has 1 N–H and O–H groups in total. The molecule has 3 aliphatic rings. The molecule has 3 aliphatic carbocycles. The van der Waals surface area contributed by atoms with Crippen LogP contribution in [0.4, 0.5) is 8.78 Å². The second-order valence-corrected chi connectivity index (χ2v) is 8.77. The molecule has 0 radical (unpaired) electrons. The lowest BCUT2D eigenvalue weighted by Crippen LogP contribution is -2.49. The van der Waals surface area contributed by atoms with Gasteiger partial charge in [0.2, 0.25) is 0 Å². The summed E-state index contributed by atoms with van der Waals surface area (Å²) in [5, 5.41) is 8.84. The first-order valence-electron chi connectivity index (χ1n) is 9.50. The van der Waals surface area contributed by atoms with E-state index < -0.39 is 24.0 Å². The molecule has 3 fully saturated rings. The summed E-state index contributed by atoms with van der Waals surface area (Å²) in [5.41, 5.74) is 0. The van der Waals surface area contributed by atoms with Crippen LogP contribution >= 0.6 is 0 Å². The van der Waals surface area contributed by atoms with Crippen molar-refractivity contribution in [3.8, 4) is 0 Å². The van der Waals surface area contributed by atoms with Crippen molar-refractivity contribution >= 4 is 11.9 Å². The van der Waals surface area contributed by atoms with E-state index in [1.807, 2.05) is 0 Å². The third-order valence-corrected chi connectivity index (χ3v) is 6.49. The summed E-state index contributed by atoms with van der Waals surface area (Å²) in [7, 11) is 0. The first-order valence-corrected chi connectivity index (χ1v) is 9.50. The Labute approximate surface area is 147 Å². The standard InChI is InChI=1S/C19H28F2O4/c1-10(2)5-16(19(20,21)18(23)24)25-17(22)15-9-12-6-11-3-4-14(15)13(7-11)8-12/h10-16H,3-9H2,1-2H3,(H,23,24). The minimum atomic E-state index is -4.05. The van der Waals surface area contributed by atoms with Crippen LogP contribution in [0.25, 0.3) is 0 Å². The number of aliphatic carboxylic acids is 1. The van der Waals surface area contributed by atoms with Crippen LogP contribution in [-0.2, 0) is 14.3 Å². The first kappa shape index (κ1) is 18.6. The molecule has 0 spiro atoms. The largest absolute Gasteiger partial charge is 0.477 e. The Kier molecular flexibility index (Phi) is 5.09. The van der Waals surface area contributed by atoms with Gasteiger partial charge in [-0.1, -0.05) is 20.3 Å². The maximum absolute atomic E-state index is 14.0. The number of alkyl halides is 2. The van der Waals surface area contributed by atoms with E-state index in [4.69, 9.17) is 9.84 Å². The van der Waals surface area contributed by atoms with Gasteiger partial charge in [-0.25, -0.2) is 4.79 Å². The van der Waals surface area contributed by atoms with E-state index >= 15 is 0 Å². The normalized spacial score (nSPS) is 35.5. The highest BCUT2D eigenvalue weighted by atomic mass is 19.3. The number of carbonyl (C=O) groups excluding carboxylic acids is 1. The van der Waals surface area contributed by atoms with Crippen molar-refractivity contribution < 1.29 is 28.2 Å². The molecule has 6 atom stereocenters. The lowest BCUT2D eigenvalue weighted by atomic mass is 9.54. The third-order valence-electron chi connectivity index (χ3n) is 6.49. The Balaban J connectivity index is 1.73. The lowest BCUT2D eigenvalue weighted by Gasteiger charge is -2.51. The third kappa shape index (κ3) is 3.68. The molecule has 3 saturated carbocycles. The van der Waals surface area contributed by atoms with Crippen LogP contribution < -0.4 is 0 Å². The fraction of sp³-hybridized carbons (Fsp3) is 0.895. The Morgan fingerprint density at radius 2 is 1.80 bits per heavy atom. The van der Waals surface area contributed by atoms with E-state index in [0.717, 1.165) is 38.0 Å². The summed E-state index contributed by atoms with van der Waals surface area (Å²) in [5.74, 6) is -5.44. The van der Waals surface area contributed by atoms with E-state index in [-0.39, 0.29) is 24.2 Å². The van der Waals surface area contributed by atoms with Crippen molar-refractivity contribution in [2.45, 2.75) is 70.8 Å². The van der Waals surface area contributed by atoms with Crippen molar-refractivity contribution in [1.29, 1.82) is 0 Å². The van der Waals surface area contributed by atoms with Gasteiger partial charge in [0.25, 0.3) is 0 Å². The van der Waals surface area contributed by atoms with Gasteiger partial charge in [-0.2, -0.15) is 8.78 Å². The predicted octanol–water partition coefficient (Wildman–Crippen LogP) is 4.13. The number of carboxylic acid groups (broad SMARTS) is 1. The van der Waals surface area contributed by atoms with Gasteiger partial charge in [0.1, 0.15) is 0 Å². The fourth-order valence-electron chi connectivity index (χ4n) is 5.46. The summed E-state index contributed by atoms with van der Waals surface area (Å²) in [6.07, 6.45) is 4.16. The molecular formula is C19H28F2O4. The highest BCUT2D eigenvalue weighted by Gasteiger charge is 2.53. The summed E-state index contributed by atoms with van der Waals surface area (Å²) in [6.45, 7) is 3.43. The minimum absolute atomic E-state index is 0.155. The van der Waals surface area contributed by atoms with Gasteiger partial charge in [0.05, 0.1) is 5.92 Å². The molecule has 25 heavy (non-hydrogen) atoms. The molecule has 142 valence electrons. The molecule has 4 nitrogen and oxygen atoms in total. The zero-order chi connectivity index (χ0) is 18.4. The Hall–Kier alpha value is -1.20. The maximum atomic E-state index is 14.0. The summed E-state index contributed by atoms with van der Waals surface area (Å²) < 4.78 is 33.3. The number of carbonyl (C=O) groups is 2. The Morgan fingerprint density at radius 3 is 2.44 bits per heavy atom. The number of ether oxygens (including phenoxy) is 1. The second-order valence-electron chi connectivity index (χ2n) is 8.77. The summed E-state index contributed by atoms with van der Waals surface area (Å²) >= 11 is 0. The molecule has 0 aromatic heterocycles. The van der Waals surface area contributed by atoms with Gasteiger partial charge in [0.15, 0.2) is 6.10 Å².